The van der Waals surface area contributed by atoms with E-state index in [-0.39, 0.29) is 6.04 Å². The maximum Gasteiger partial charge on any atom is 0.254 e. The third-order valence-electron chi connectivity index (χ3n) is 5.19. The van der Waals surface area contributed by atoms with Gasteiger partial charge in [0.25, 0.3) is 5.91 Å². The summed E-state index contributed by atoms with van der Waals surface area (Å²) in [6.07, 6.45) is 2.68. The average molecular weight is 434 g/mol. The van der Waals surface area contributed by atoms with Crippen LogP contribution in [-0.2, 0) is 4.79 Å². The number of carbonyl (C=O) groups is 2. The van der Waals surface area contributed by atoms with Crippen LogP contribution in [0.4, 0.5) is 11.5 Å². The zero-order valence-electron chi connectivity index (χ0n) is 18.2. The van der Waals surface area contributed by atoms with Crippen LogP contribution < -0.4 is 21.1 Å². The number of hydrogen-bond donors (Lipinski definition) is 3. The number of ether oxygens (including phenoxy) is 1. The molecule has 0 spiro atoms. The minimum Gasteiger partial charge on any atom is -0.497 e. The fourth-order valence-corrected chi connectivity index (χ4v) is 3.79. The molecule has 2 aromatic carbocycles. The molecule has 1 aromatic heterocycles. The third-order valence-corrected chi connectivity index (χ3v) is 5.19. The van der Waals surface area contributed by atoms with E-state index >= 15 is 0 Å². The summed E-state index contributed by atoms with van der Waals surface area (Å²) in [7, 11) is 3.51. The van der Waals surface area contributed by atoms with Crippen molar-refractivity contribution in [1.82, 2.24) is 9.78 Å². The Morgan fingerprint density at radius 1 is 1.31 bits per heavy atom. The number of amides is 1. The lowest BCUT2D eigenvalue weighted by molar-refractivity contribution is -0.104. The van der Waals surface area contributed by atoms with Crippen LogP contribution in [0.15, 0.2) is 61.2 Å². The topological polar surface area (TPSA) is 111 Å². The largest absolute Gasteiger partial charge is 0.497 e. The van der Waals surface area contributed by atoms with Crippen molar-refractivity contribution in [1.29, 1.82) is 0 Å². The molecule has 0 aliphatic carbocycles. The molecule has 0 bridgehead atoms. The van der Waals surface area contributed by atoms with Crippen molar-refractivity contribution in [3.63, 3.8) is 0 Å². The molecule has 1 amide bonds. The van der Waals surface area contributed by atoms with Gasteiger partial charge in [0, 0.05) is 24.8 Å². The van der Waals surface area contributed by atoms with Crippen molar-refractivity contribution < 1.29 is 14.3 Å². The second-order valence-corrected chi connectivity index (χ2v) is 7.05. The third kappa shape index (κ3) is 4.49. The summed E-state index contributed by atoms with van der Waals surface area (Å²) in [5.74, 6) is 0.852. The van der Waals surface area contributed by atoms with Gasteiger partial charge in [-0.1, -0.05) is 36.9 Å². The number of nitrogens with one attached hydrogen (secondary N) is 2. The Morgan fingerprint density at radius 3 is 2.72 bits per heavy atom. The van der Waals surface area contributed by atoms with E-state index in [0.29, 0.717) is 29.1 Å². The summed E-state index contributed by atoms with van der Waals surface area (Å²) >= 11 is 0. The molecule has 8 nitrogen and oxygen atoms in total. The first kappa shape index (κ1) is 22.6. The quantitative estimate of drug-likeness (QED) is 0.405. The second kappa shape index (κ2) is 10.3. The van der Waals surface area contributed by atoms with Gasteiger partial charge in [0.05, 0.1) is 13.2 Å². The molecule has 1 atom stereocenters. The van der Waals surface area contributed by atoms with Gasteiger partial charge < -0.3 is 21.1 Å². The lowest BCUT2D eigenvalue weighted by atomic mass is 10.00. The van der Waals surface area contributed by atoms with Crippen LogP contribution in [-0.4, -0.2) is 42.7 Å². The van der Waals surface area contributed by atoms with Gasteiger partial charge in [-0.25, -0.2) is 4.68 Å². The molecular formula is C24H27N5O3. The molecule has 0 fully saturated rings. The summed E-state index contributed by atoms with van der Waals surface area (Å²) in [6.45, 7) is 3.84. The Labute approximate surface area is 187 Å². The summed E-state index contributed by atoms with van der Waals surface area (Å²) < 4.78 is 7.21. The highest BCUT2D eigenvalue weighted by atomic mass is 16.5. The van der Waals surface area contributed by atoms with Crippen LogP contribution in [0.1, 0.15) is 28.4 Å². The zero-order valence-corrected chi connectivity index (χ0v) is 18.2. The summed E-state index contributed by atoms with van der Waals surface area (Å²) in [5.41, 5.74) is 9.67. The first-order chi connectivity index (χ1) is 15.5. The Kier molecular flexibility index (Phi) is 7.28. The first-order valence-electron chi connectivity index (χ1n) is 10.2. The fraction of sp³-hybridized carbons (Fsp3) is 0.208. The van der Waals surface area contributed by atoms with Crippen LogP contribution >= 0.6 is 0 Å². The van der Waals surface area contributed by atoms with E-state index in [9.17, 15) is 4.79 Å². The number of benzene rings is 2. The molecule has 0 saturated heterocycles. The highest BCUT2D eigenvalue weighted by Gasteiger charge is 2.31. The lowest BCUT2D eigenvalue weighted by Gasteiger charge is -2.27. The van der Waals surface area contributed by atoms with Gasteiger partial charge >= 0.3 is 0 Å². The highest BCUT2D eigenvalue weighted by molar-refractivity contribution is 6.04. The smallest absolute Gasteiger partial charge is 0.254 e. The predicted molar refractivity (Wildman–Crippen MR) is 126 cm³/mol. The van der Waals surface area contributed by atoms with E-state index < -0.39 is 5.91 Å². The number of nitrogens with zero attached hydrogens (tertiary/aromatic N) is 2. The normalized spacial score (nSPS) is 14.1. The van der Waals surface area contributed by atoms with Crippen molar-refractivity contribution in [2.75, 3.05) is 31.3 Å². The molecular weight excluding hydrogens is 406 g/mol. The van der Waals surface area contributed by atoms with E-state index in [2.05, 4.69) is 23.3 Å². The first-order valence-corrected chi connectivity index (χ1v) is 10.2. The number of aldehydes is 1. The minimum absolute atomic E-state index is 0.00245. The van der Waals surface area contributed by atoms with Gasteiger partial charge in [-0.3, -0.25) is 9.59 Å². The fourth-order valence-electron chi connectivity index (χ4n) is 3.79. The van der Waals surface area contributed by atoms with E-state index in [1.165, 1.54) is 6.08 Å². The van der Waals surface area contributed by atoms with Gasteiger partial charge in [0.15, 0.2) is 0 Å². The van der Waals surface area contributed by atoms with E-state index in [4.69, 9.17) is 20.4 Å². The van der Waals surface area contributed by atoms with Crippen molar-refractivity contribution in [2.45, 2.75) is 12.5 Å². The molecule has 1 aliphatic heterocycles. The monoisotopic (exact) mass is 433 g/mol. The van der Waals surface area contributed by atoms with Gasteiger partial charge in [-0.15, -0.1) is 0 Å². The summed E-state index contributed by atoms with van der Waals surface area (Å²) in [5, 5.41) is 11.4. The summed E-state index contributed by atoms with van der Waals surface area (Å²) in [4.78, 5) is 21.4. The van der Waals surface area contributed by atoms with Crippen LogP contribution in [0.2, 0.25) is 0 Å². The SMILES string of the molecule is C=CC=O.CNc1ccccc1C1CCNc2c(C(N)=O)c(-c3cccc(OC)c3)nn21. The molecule has 1 unspecified atom stereocenters. The molecule has 2 heterocycles. The molecule has 4 rings (SSSR count). The number of methoxy groups -OCH3 is 1. The molecule has 32 heavy (non-hydrogen) atoms. The van der Waals surface area contributed by atoms with Crippen molar-refractivity contribution in [2.24, 2.45) is 5.73 Å². The molecule has 3 aromatic rings. The van der Waals surface area contributed by atoms with E-state index in [0.717, 1.165) is 29.8 Å². The zero-order chi connectivity index (χ0) is 23.1. The number of para-hydroxylation sites is 1. The molecule has 8 heteroatoms. The van der Waals surface area contributed by atoms with Gasteiger partial charge in [0.1, 0.15) is 29.1 Å². The molecule has 1 aliphatic rings. The molecule has 166 valence electrons. The maximum atomic E-state index is 12.3. The average Bonchev–Trinajstić information content (AvgIpc) is 3.24. The highest BCUT2D eigenvalue weighted by Crippen LogP contribution is 2.39. The van der Waals surface area contributed by atoms with Crippen LogP contribution in [0.25, 0.3) is 11.3 Å². The Hall–Kier alpha value is -4.07. The molecule has 4 N–H and O–H groups in total. The number of primary amides is 1. The van der Waals surface area contributed by atoms with Gasteiger partial charge in [-0.2, -0.15) is 5.10 Å². The van der Waals surface area contributed by atoms with Crippen LogP contribution in [0.5, 0.6) is 5.75 Å². The minimum atomic E-state index is -0.505. The number of fused-ring (bicyclic) bond motifs is 1. The number of carbonyl (C=O) groups excluding carboxylic acids is 2. The van der Waals surface area contributed by atoms with Crippen molar-refractivity contribution >= 4 is 23.7 Å². The van der Waals surface area contributed by atoms with Gasteiger partial charge in [0.2, 0.25) is 0 Å². The van der Waals surface area contributed by atoms with Crippen LogP contribution in [0, 0.1) is 0 Å². The Balaban J connectivity index is 0.000000668. The lowest BCUT2D eigenvalue weighted by Crippen LogP contribution is -2.26. The second-order valence-electron chi connectivity index (χ2n) is 7.05. The standard InChI is InChI=1S/C21H23N5O2.C3H4O/c1-23-16-9-4-3-8-15(16)17-10-11-24-21-18(20(22)27)19(25-26(17)21)13-6-5-7-14(12-13)28-2;1-2-3-4/h3-9,12,17,23-24H,10-11H2,1-2H3,(H2,22,27);2-3H,1H2. The van der Waals surface area contributed by atoms with E-state index in [1.807, 2.05) is 54.2 Å². The number of anilines is 2. The molecule has 0 radical (unpaired) electrons. The van der Waals surface area contributed by atoms with E-state index in [1.54, 1.807) is 7.11 Å². The number of hydrogen-bond acceptors (Lipinski definition) is 6. The Morgan fingerprint density at radius 2 is 2.06 bits per heavy atom. The number of aromatic nitrogens is 2. The number of rotatable bonds is 6. The predicted octanol–water partition coefficient (Wildman–Crippen LogP) is 3.48. The number of allylic oxidation sites excluding steroid dienone is 1. The Bertz CT molecular complexity index is 1120. The number of nitrogens with two attached hydrogens (primary N) is 1. The molecule has 0 saturated carbocycles. The van der Waals surface area contributed by atoms with Crippen molar-refractivity contribution in [3.8, 4) is 17.0 Å². The van der Waals surface area contributed by atoms with Crippen molar-refractivity contribution in [3.05, 3.63) is 72.3 Å². The van der Waals surface area contributed by atoms with Gasteiger partial charge in [-0.05, 0) is 36.3 Å². The maximum absolute atomic E-state index is 12.3. The summed E-state index contributed by atoms with van der Waals surface area (Å²) in [6, 6.07) is 15.6. The van der Waals surface area contributed by atoms with Crippen LogP contribution in [0.3, 0.4) is 0 Å².